The molecule has 13 heavy (non-hydrogen) atoms. The Kier molecular flexibility index (Phi) is 3.90. The van der Waals surface area contributed by atoms with Gasteiger partial charge in [0.05, 0.1) is 5.69 Å². The quantitative estimate of drug-likeness (QED) is 0.847. The van der Waals surface area contributed by atoms with Crippen molar-refractivity contribution in [2.75, 3.05) is 12.4 Å². The van der Waals surface area contributed by atoms with Gasteiger partial charge in [-0.05, 0) is 27.6 Å². The third kappa shape index (κ3) is 2.79. The second-order valence-electron chi connectivity index (χ2n) is 2.47. The molecule has 5 heteroatoms. The summed E-state index contributed by atoms with van der Waals surface area (Å²) in [7, 11) is 1.76. The van der Waals surface area contributed by atoms with Crippen LogP contribution in [0.25, 0.3) is 0 Å². The van der Waals surface area contributed by atoms with Crippen molar-refractivity contribution in [2.45, 2.75) is 5.75 Å². The molecule has 1 aromatic rings. The van der Waals surface area contributed by atoms with E-state index >= 15 is 0 Å². The highest BCUT2D eigenvalue weighted by molar-refractivity contribution is 9.10. The highest BCUT2D eigenvalue weighted by Gasteiger charge is 2.03. The van der Waals surface area contributed by atoms with Gasteiger partial charge < -0.3 is 9.87 Å². The summed E-state index contributed by atoms with van der Waals surface area (Å²) >= 11 is 1.29. The molecule has 1 unspecified atom stereocenters. The lowest BCUT2D eigenvalue weighted by atomic mass is 10.2. The summed E-state index contributed by atoms with van der Waals surface area (Å²) in [5.41, 5.74) is 1.59. The molecule has 1 rings (SSSR count). The molecule has 3 nitrogen and oxygen atoms in total. The van der Waals surface area contributed by atoms with Crippen molar-refractivity contribution >= 4 is 32.7 Å². The SMILES string of the molecule is CNc1c(Br)cccc1CS(=O)[O-]. The molecule has 0 aromatic heterocycles. The summed E-state index contributed by atoms with van der Waals surface area (Å²) in [6.45, 7) is 0. The van der Waals surface area contributed by atoms with Crippen LogP contribution in [0.5, 0.6) is 0 Å². The molecule has 0 heterocycles. The topological polar surface area (TPSA) is 52.2 Å². The minimum Gasteiger partial charge on any atom is -0.772 e. The van der Waals surface area contributed by atoms with Gasteiger partial charge in [0.15, 0.2) is 0 Å². The van der Waals surface area contributed by atoms with Crippen LogP contribution in [0.15, 0.2) is 22.7 Å². The molecule has 0 aliphatic carbocycles. The molecule has 1 aromatic carbocycles. The smallest absolute Gasteiger partial charge is 0.0523 e. The molecule has 0 aliphatic rings. The molecule has 1 N–H and O–H groups in total. The van der Waals surface area contributed by atoms with Gasteiger partial charge in [0, 0.05) is 17.3 Å². The second-order valence-corrected chi connectivity index (χ2v) is 4.22. The fraction of sp³-hybridized carbons (Fsp3) is 0.250. The number of hydrogen-bond acceptors (Lipinski definition) is 3. The molecule has 0 aliphatic heterocycles. The molecule has 0 bridgehead atoms. The fourth-order valence-corrected chi connectivity index (χ4v) is 2.20. The van der Waals surface area contributed by atoms with Crippen molar-refractivity contribution in [3.8, 4) is 0 Å². The number of rotatable bonds is 3. The standard InChI is InChI=1S/C8H10BrNO2S/c1-10-8-6(5-13(11)12)3-2-4-7(8)9/h2-4,10H,5H2,1H3,(H,11,12)/p-1. The molecule has 1 atom stereocenters. The van der Waals surface area contributed by atoms with E-state index in [9.17, 15) is 8.76 Å². The van der Waals surface area contributed by atoms with Crippen molar-refractivity contribution in [3.05, 3.63) is 28.2 Å². The molecule has 0 amide bonds. The third-order valence-corrected chi connectivity index (χ3v) is 2.83. The molecule has 0 saturated heterocycles. The highest BCUT2D eigenvalue weighted by atomic mass is 79.9. The van der Waals surface area contributed by atoms with Crippen LogP contribution < -0.4 is 5.32 Å². The first-order valence-electron chi connectivity index (χ1n) is 3.66. The average molecular weight is 263 g/mol. The lowest BCUT2D eigenvalue weighted by molar-refractivity contribution is 0.536. The van der Waals surface area contributed by atoms with Crippen molar-refractivity contribution in [1.82, 2.24) is 0 Å². The van der Waals surface area contributed by atoms with Crippen LogP contribution in [0, 0.1) is 0 Å². The van der Waals surface area contributed by atoms with Gasteiger partial charge in [-0.25, -0.2) is 0 Å². The number of anilines is 1. The maximum absolute atomic E-state index is 10.5. The molecular formula is C8H9BrNO2S-. The van der Waals surface area contributed by atoms with E-state index in [2.05, 4.69) is 21.2 Å². The Morgan fingerprint density at radius 3 is 2.85 bits per heavy atom. The summed E-state index contributed by atoms with van der Waals surface area (Å²) in [4.78, 5) is 0. The Hall–Kier alpha value is -0.390. The van der Waals surface area contributed by atoms with E-state index in [0.29, 0.717) is 0 Å². The lowest BCUT2D eigenvalue weighted by Crippen LogP contribution is -2.00. The molecule has 0 radical (unpaired) electrons. The van der Waals surface area contributed by atoms with E-state index in [1.165, 1.54) is 0 Å². The van der Waals surface area contributed by atoms with Crippen molar-refractivity contribution in [1.29, 1.82) is 0 Å². The Bertz CT molecular complexity index is 330. The molecule has 72 valence electrons. The predicted molar refractivity (Wildman–Crippen MR) is 56.3 cm³/mol. The lowest BCUT2D eigenvalue weighted by Gasteiger charge is -2.12. The van der Waals surface area contributed by atoms with E-state index in [1.807, 2.05) is 12.1 Å². The molecule has 0 saturated carbocycles. The first-order chi connectivity index (χ1) is 6.15. The fourth-order valence-electron chi connectivity index (χ4n) is 1.10. The van der Waals surface area contributed by atoms with Gasteiger partial charge in [-0.1, -0.05) is 23.2 Å². The number of nitrogens with one attached hydrogen (secondary N) is 1. The normalized spacial score (nSPS) is 12.5. The van der Waals surface area contributed by atoms with Gasteiger partial charge in [0.25, 0.3) is 0 Å². The Balaban J connectivity index is 3.05. The monoisotopic (exact) mass is 262 g/mol. The molecule has 0 spiro atoms. The van der Waals surface area contributed by atoms with Crippen molar-refractivity contribution in [2.24, 2.45) is 0 Å². The number of para-hydroxylation sites is 1. The summed E-state index contributed by atoms with van der Waals surface area (Å²) < 4.78 is 21.9. The number of benzene rings is 1. The van der Waals surface area contributed by atoms with Gasteiger partial charge in [0.2, 0.25) is 0 Å². The Morgan fingerprint density at radius 1 is 1.62 bits per heavy atom. The van der Waals surface area contributed by atoms with Crippen molar-refractivity contribution < 1.29 is 8.76 Å². The Labute approximate surface area is 88.0 Å². The average Bonchev–Trinajstić information content (AvgIpc) is 2.03. The van der Waals surface area contributed by atoms with Crippen LogP contribution in [0.2, 0.25) is 0 Å². The number of hydrogen-bond donors (Lipinski definition) is 1. The van der Waals surface area contributed by atoms with Gasteiger partial charge in [-0.2, -0.15) is 0 Å². The first-order valence-corrected chi connectivity index (χ1v) is 5.70. The van der Waals surface area contributed by atoms with Crippen LogP contribution in [0.3, 0.4) is 0 Å². The van der Waals surface area contributed by atoms with Crippen LogP contribution in [-0.2, 0) is 16.8 Å². The zero-order chi connectivity index (χ0) is 9.84. The number of halogens is 1. The maximum atomic E-state index is 10.5. The van der Waals surface area contributed by atoms with Gasteiger partial charge in [0.1, 0.15) is 0 Å². The molecular weight excluding hydrogens is 254 g/mol. The van der Waals surface area contributed by atoms with E-state index < -0.39 is 11.1 Å². The predicted octanol–water partition coefficient (Wildman–Crippen LogP) is 1.87. The van der Waals surface area contributed by atoms with Crippen molar-refractivity contribution in [3.63, 3.8) is 0 Å². The van der Waals surface area contributed by atoms with Gasteiger partial charge in [-0.3, -0.25) is 4.21 Å². The van der Waals surface area contributed by atoms with Gasteiger partial charge >= 0.3 is 0 Å². The zero-order valence-electron chi connectivity index (χ0n) is 7.04. The Morgan fingerprint density at radius 2 is 2.31 bits per heavy atom. The largest absolute Gasteiger partial charge is 0.772 e. The second kappa shape index (κ2) is 4.74. The van der Waals surface area contributed by atoms with Crippen LogP contribution in [-0.4, -0.2) is 15.8 Å². The van der Waals surface area contributed by atoms with E-state index in [1.54, 1.807) is 13.1 Å². The van der Waals surface area contributed by atoms with Crippen LogP contribution in [0.1, 0.15) is 5.56 Å². The van der Waals surface area contributed by atoms with E-state index in [-0.39, 0.29) is 5.75 Å². The summed E-state index contributed by atoms with van der Waals surface area (Å²) in [6.07, 6.45) is 0. The zero-order valence-corrected chi connectivity index (χ0v) is 9.44. The van der Waals surface area contributed by atoms with E-state index in [0.717, 1.165) is 15.7 Å². The van der Waals surface area contributed by atoms with Crippen LogP contribution in [0.4, 0.5) is 5.69 Å². The minimum absolute atomic E-state index is 0.0373. The highest BCUT2D eigenvalue weighted by Crippen LogP contribution is 2.26. The van der Waals surface area contributed by atoms with Crippen LogP contribution >= 0.6 is 15.9 Å². The van der Waals surface area contributed by atoms with Gasteiger partial charge in [-0.15, -0.1) is 0 Å². The molecule has 0 fully saturated rings. The first kappa shape index (κ1) is 10.7. The third-order valence-electron chi connectivity index (χ3n) is 1.62. The summed E-state index contributed by atoms with van der Waals surface area (Å²) in [6, 6.07) is 5.46. The summed E-state index contributed by atoms with van der Waals surface area (Å²) in [5, 5.41) is 2.95. The maximum Gasteiger partial charge on any atom is 0.0523 e. The minimum atomic E-state index is -2.05. The van der Waals surface area contributed by atoms with E-state index in [4.69, 9.17) is 0 Å². The summed E-state index contributed by atoms with van der Waals surface area (Å²) in [5.74, 6) is 0.0373.